The zero-order chi connectivity index (χ0) is 25.2. The highest BCUT2D eigenvalue weighted by atomic mass is 35.5. The molecule has 194 valence electrons. The van der Waals surface area contributed by atoms with Gasteiger partial charge in [0.25, 0.3) is 0 Å². The van der Waals surface area contributed by atoms with Gasteiger partial charge in [-0.2, -0.15) is 0 Å². The van der Waals surface area contributed by atoms with Gasteiger partial charge < -0.3 is 24.6 Å². The number of benzene rings is 1. The average Bonchev–Trinajstić information content (AvgIpc) is 2.75. The van der Waals surface area contributed by atoms with Crippen molar-refractivity contribution in [2.45, 2.75) is 38.5 Å². The summed E-state index contributed by atoms with van der Waals surface area (Å²) in [5, 5.41) is 3.76. The van der Waals surface area contributed by atoms with E-state index in [1.165, 1.54) is 0 Å². The lowest BCUT2D eigenvalue weighted by molar-refractivity contribution is -0.0832. The molecule has 0 unspecified atom stereocenters. The molecule has 0 radical (unpaired) electrons. The molecule has 3 aliphatic heterocycles. The minimum atomic E-state index is -0.472. The van der Waals surface area contributed by atoms with Crippen LogP contribution in [0.25, 0.3) is 0 Å². The molecule has 1 N–H and O–H groups in total. The van der Waals surface area contributed by atoms with Gasteiger partial charge in [0.05, 0.1) is 22.8 Å². The van der Waals surface area contributed by atoms with Crippen LogP contribution in [0.5, 0.6) is 0 Å². The Kier molecular flexibility index (Phi) is 8.33. The van der Waals surface area contributed by atoms with E-state index in [1.54, 1.807) is 23.1 Å². The Labute approximate surface area is 217 Å². The molecule has 0 saturated carbocycles. The van der Waals surface area contributed by atoms with Gasteiger partial charge in [0.15, 0.2) is 0 Å². The number of amides is 3. The third-order valence-electron chi connectivity index (χ3n) is 6.49. The van der Waals surface area contributed by atoms with Gasteiger partial charge in [-0.25, -0.2) is 9.59 Å². The Bertz CT molecular complexity index is 914. The predicted molar refractivity (Wildman–Crippen MR) is 136 cm³/mol. The molecule has 11 heteroatoms. The molecule has 0 spiro atoms. The first-order chi connectivity index (χ1) is 16.6. The standard InChI is InChI=1S/C24H35Cl2N5O4/c1-24(2,3)35-23(33)31-13-18(14-31)30-10-11-34-19(16-30)15-28-6-8-29(9-7-28)22(32)27-17-4-5-20(25)21(26)12-17/h4-5,12,18-19H,6-11,13-16H2,1-3H3,(H,27,32)/t19-/m1/s1. The summed E-state index contributed by atoms with van der Waals surface area (Å²) in [5.74, 6) is 0. The molecule has 3 saturated heterocycles. The number of anilines is 1. The third-order valence-corrected chi connectivity index (χ3v) is 7.23. The molecule has 4 rings (SSSR count). The monoisotopic (exact) mass is 527 g/mol. The van der Waals surface area contributed by atoms with Crippen molar-refractivity contribution in [3.63, 3.8) is 0 Å². The van der Waals surface area contributed by atoms with Crippen molar-refractivity contribution in [3.8, 4) is 0 Å². The van der Waals surface area contributed by atoms with E-state index in [0.717, 1.165) is 32.7 Å². The van der Waals surface area contributed by atoms with Crippen molar-refractivity contribution < 1.29 is 19.1 Å². The number of rotatable bonds is 4. The Balaban J connectivity index is 1.17. The smallest absolute Gasteiger partial charge is 0.410 e. The van der Waals surface area contributed by atoms with E-state index in [9.17, 15) is 9.59 Å². The molecule has 1 aromatic carbocycles. The maximum absolute atomic E-state index is 12.6. The van der Waals surface area contributed by atoms with Crippen LogP contribution in [0.4, 0.5) is 15.3 Å². The lowest BCUT2D eigenvalue weighted by atomic mass is 10.1. The minimum Gasteiger partial charge on any atom is -0.444 e. The molecule has 0 aliphatic carbocycles. The minimum absolute atomic E-state index is 0.121. The first-order valence-electron chi connectivity index (χ1n) is 12.1. The first-order valence-corrected chi connectivity index (χ1v) is 12.9. The molecule has 1 aromatic rings. The summed E-state index contributed by atoms with van der Waals surface area (Å²) < 4.78 is 11.5. The van der Waals surface area contributed by atoms with Gasteiger partial charge in [-0.05, 0) is 39.0 Å². The van der Waals surface area contributed by atoms with Crippen molar-refractivity contribution in [2.75, 3.05) is 70.8 Å². The second-order valence-corrected chi connectivity index (χ2v) is 11.2. The molecular weight excluding hydrogens is 493 g/mol. The van der Waals surface area contributed by atoms with Gasteiger partial charge in [0, 0.05) is 70.6 Å². The zero-order valence-electron chi connectivity index (χ0n) is 20.6. The van der Waals surface area contributed by atoms with Crippen LogP contribution in [0.2, 0.25) is 10.0 Å². The number of morpholine rings is 1. The van der Waals surface area contributed by atoms with Crippen LogP contribution in [-0.4, -0.2) is 115 Å². The van der Waals surface area contributed by atoms with Crippen LogP contribution in [0.3, 0.4) is 0 Å². The van der Waals surface area contributed by atoms with Gasteiger partial charge >= 0.3 is 12.1 Å². The molecule has 3 aliphatic rings. The lowest BCUT2D eigenvalue weighted by Gasteiger charge is -2.48. The number of hydrogen-bond acceptors (Lipinski definition) is 6. The van der Waals surface area contributed by atoms with Gasteiger partial charge in [-0.3, -0.25) is 9.80 Å². The van der Waals surface area contributed by atoms with E-state index >= 15 is 0 Å². The molecule has 3 heterocycles. The van der Waals surface area contributed by atoms with Crippen LogP contribution in [-0.2, 0) is 9.47 Å². The van der Waals surface area contributed by atoms with Crippen molar-refractivity contribution in [3.05, 3.63) is 28.2 Å². The summed E-state index contributed by atoms with van der Waals surface area (Å²) in [5.41, 5.74) is 0.157. The fraction of sp³-hybridized carbons (Fsp3) is 0.667. The first kappa shape index (κ1) is 26.3. The van der Waals surface area contributed by atoms with Gasteiger partial charge in [-0.1, -0.05) is 23.2 Å². The van der Waals surface area contributed by atoms with Crippen LogP contribution in [0.15, 0.2) is 18.2 Å². The zero-order valence-corrected chi connectivity index (χ0v) is 22.1. The van der Waals surface area contributed by atoms with Crippen molar-refractivity contribution >= 4 is 41.0 Å². The Morgan fingerprint density at radius 2 is 1.74 bits per heavy atom. The van der Waals surface area contributed by atoms with Crippen LogP contribution >= 0.6 is 23.2 Å². The molecule has 9 nitrogen and oxygen atoms in total. The molecule has 35 heavy (non-hydrogen) atoms. The third kappa shape index (κ3) is 7.13. The maximum atomic E-state index is 12.6. The number of carbonyl (C=O) groups is 2. The largest absolute Gasteiger partial charge is 0.444 e. The summed E-state index contributed by atoms with van der Waals surface area (Å²) in [7, 11) is 0. The number of ether oxygens (including phenoxy) is 2. The van der Waals surface area contributed by atoms with Crippen LogP contribution in [0, 0.1) is 0 Å². The van der Waals surface area contributed by atoms with E-state index in [1.807, 2.05) is 25.7 Å². The summed E-state index contributed by atoms with van der Waals surface area (Å²) in [6, 6.07) is 5.28. The van der Waals surface area contributed by atoms with E-state index in [4.69, 9.17) is 32.7 Å². The normalized spacial score (nSPS) is 22.6. The highest BCUT2D eigenvalue weighted by Crippen LogP contribution is 2.25. The summed E-state index contributed by atoms with van der Waals surface area (Å²) in [6.45, 7) is 13.2. The fourth-order valence-corrected chi connectivity index (χ4v) is 4.84. The number of likely N-dealkylation sites (tertiary alicyclic amines) is 1. The highest BCUT2D eigenvalue weighted by molar-refractivity contribution is 6.42. The molecule has 3 fully saturated rings. The number of hydrogen-bond donors (Lipinski definition) is 1. The average molecular weight is 528 g/mol. The van der Waals surface area contributed by atoms with Crippen LogP contribution < -0.4 is 5.32 Å². The number of halogens is 2. The second-order valence-electron chi connectivity index (χ2n) is 10.4. The van der Waals surface area contributed by atoms with Gasteiger partial charge in [0.1, 0.15) is 5.60 Å². The predicted octanol–water partition coefficient (Wildman–Crippen LogP) is 3.46. The molecule has 1 atom stereocenters. The molecule has 3 amide bonds. The molecule has 0 aromatic heterocycles. The van der Waals surface area contributed by atoms with Crippen LogP contribution in [0.1, 0.15) is 20.8 Å². The quantitative estimate of drug-likeness (QED) is 0.645. The van der Waals surface area contributed by atoms with Crippen molar-refractivity contribution in [2.24, 2.45) is 0 Å². The Morgan fingerprint density at radius 3 is 2.40 bits per heavy atom. The molecular formula is C24H35Cl2N5O4. The van der Waals surface area contributed by atoms with E-state index in [0.29, 0.717) is 54.6 Å². The summed E-state index contributed by atoms with van der Waals surface area (Å²) in [6.07, 6.45) is -0.115. The van der Waals surface area contributed by atoms with Crippen molar-refractivity contribution in [1.82, 2.24) is 19.6 Å². The van der Waals surface area contributed by atoms with E-state index in [2.05, 4.69) is 15.1 Å². The highest BCUT2D eigenvalue weighted by Gasteiger charge is 2.39. The second kappa shape index (κ2) is 11.1. The number of piperazine rings is 1. The Morgan fingerprint density at radius 1 is 1.03 bits per heavy atom. The number of carbonyl (C=O) groups excluding carboxylic acids is 2. The van der Waals surface area contributed by atoms with Gasteiger partial charge in [-0.15, -0.1) is 0 Å². The SMILES string of the molecule is CC(C)(C)OC(=O)N1CC(N2CCO[C@H](CN3CCN(C(=O)Nc4ccc(Cl)c(Cl)c4)CC3)C2)C1. The molecule has 0 bridgehead atoms. The van der Waals surface area contributed by atoms with E-state index < -0.39 is 5.60 Å². The Hall–Kier alpha value is -1.78. The van der Waals surface area contributed by atoms with E-state index in [-0.39, 0.29) is 18.2 Å². The van der Waals surface area contributed by atoms with Crippen molar-refractivity contribution in [1.29, 1.82) is 0 Å². The number of nitrogens with one attached hydrogen (secondary N) is 1. The maximum Gasteiger partial charge on any atom is 0.410 e. The summed E-state index contributed by atoms with van der Waals surface area (Å²) in [4.78, 5) is 33.2. The lowest BCUT2D eigenvalue weighted by Crippen LogP contribution is -2.65. The van der Waals surface area contributed by atoms with Gasteiger partial charge in [0.2, 0.25) is 0 Å². The topological polar surface area (TPSA) is 77.6 Å². The summed E-state index contributed by atoms with van der Waals surface area (Å²) >= 11 is 12.0. The number of urea groups is 1. The number of nitrogens with zero attached hydrogens (tertiary/aromatic N) is 4. The fourth-order valence-electron chi connectivity index (χ4n) is 4.54.